The summed E-state index contributed by atoms with van der Waals surface area (Å²) < 4.78 is 43.7. The molecule has 29 heavy (non-hydrogen) atoms. The normalized spacial score (nSPS) is 11.3. The van der Waals surface area contributed by atoms with Gasteiger partial charge in [0.1, 0.15) is 0 Å². The Morgan fingerprint density at radius 3 is 2.72 bits per heavy atom. The molecule has 1 aromatic heterocycles. The van der Waals surface area contributed by atoms with Gasteiger partial charge in [0.25, 0.3) is 0 Å². The summed E-state index contributed by atoms with van der Waals surface area (Å²) in [4.78, 5) is 12.7. The van der Waals surface area contributed by atoms with Gasteiger partial charge in [-0.1, -0.05) is 18.2 Å². The maximum absolute atomic E-state index is 12.9. The summed E-state index contributed by atoms with van der Waals surface area (Å²) in [7, 11) is 0. The molecule has 0 fully saturated rings. The molecule has 0 saturated carbocycles. The van der Waals surface area contributed by atoms with Gasteiger partial charge in [-0.15, -0.1) is 10.2 Å². The number of ether oxygens (including phenoxy) is 1. The number of rotatable bonds is 7. The van der Waals surface area contributed by atoms with Crippen molar-refractivity contribution in [1.29, 1.82) is 0 Å². The first-order chi connectivity index (χ1) is 13.9. The van der Waals surface area contributed by atoms with Crippen LogP contribution in [0.15, 0.2) is 48.5 Å². The van der Waals surface area contributed by atoms with Crippen molar-refractivity contribution in [2.45, 2.75) is 26.1 Å². The van der Waals surface area contributed by atoms with Gasteiger partial charge in [0.05, 0.1) is 25.1 Å². The third-order valence-corrected chi connectivity index (χ3v) is 3.91. The molecule has 0 amide bonds. The van der Waals surface area contributed by atoms with Crippen molar-refractivity contribution in [3.05, 3.63) is 54.1 Å². The quantitative estimate of drug-likeness (QED) is 0.597. The van der Waals surface area contributed by atoms with Crippen LogP contribution in [0.4, 0.5) is 24.5 Å². The minimum absolute atomic E-state index is 0.105. The van der Waals surface area contributed by atoms with Crippen LogP contribution in [0.2, 0.25) is 0 Å². The van der Waals surface area contributed by atoms with Crippen LogP contribution in [0.5, 0.6) is 0 Å². The SMILES string of the molecule is CCOC(=O)CCn1nnc(-c2ccccc2Nc2cccc(C(F)(F)F)c2)n1. The Bertz CT molecular complexity index is 988. The van der Waals surface area contributed by atoms with Gasteiger partial charge < -0.3 is 10.1 Å². The monoisotopic (exact) mass is 405 g/mol. The number of nitrogens with one attached hydrogen (secondary N) is 1. The van der Waals surface area contributed by atoms with Crippen molar-refractivity contribution in [3.63, 3.8) is 0 Å². The van der Waals surface area contributed by atoms with Crippen molar-refractivity contribution in [3.8, 4) is 11.4 Å². The second kappa shape index (κ2) is 8.72. The number of benzene rings is 2. The second-order valence-electron chi connectivity index (χ2n) is 6.01. The van der Waals surface area contributed by atoms with E-state index in [0.29, 0.717) is 17.9 Å². The van der Waals surface area contributed by atoms with Crippen LogP contribution in [-0.4, -0.2) is 32.8 Å². The van der Waals surface area contributed by atoms with Crippen LogP contribution >= 0.6 is 0 Å². The number of para-hydroxylation sites is 1. The fourth-order valence-corrected chi connectivity index (χ4v) is 2.59. The Morgan fingerprint density at radius 1 is 1.17 bits per heavy atom. The highest BCUT2D eigenvalue weighted by Crippen LogP contribution is 2.33. The summed E-state index contributed by atoms with van der Waals surface area (Å²) in [6.45, 7) is 2.22. The summed E-state index contributed by atoms with van der Waals surface area (Å²) in [5.41, 5.74) is 0.619. The number of carbonyl (C=O) groups excluding carboxylic acids is 1. The zero-order valence-corrected chi connectivity index (χ0v) is 15.5. The van der Waals surface area contributed by atoms with E-state index in [1.807, 2.05) is 0 Å². The number of aromatic nitrogens is 4. The molecular formula is C19H18F3N5O2. The van der Waals surface area contributed by atoms with Crippen LogP contribution in [-0.2, 0) is 22.3 Å². The number of hydrogen-bond donors (Lipinski definition) is 1. The first-order valence-electron chi connectivity index (χ1n) is 8.84. The van der Waals surface area contributed by atoms with Gasteiger partial charge in [-0.05, 0) is 42.5 Å². The molecule has 0 spiro atoms. The van der Waals surface area contributed by atoms with Gasteiger partial charge in [0, 0.05) is 16.9 Å². The highest BCUT2D eigenvalue weighted by Gasteiger charge is 2.30. The molecule has 0 bridgehead atoms. The number of halogens is 3. The van der Waals surface area contributed by atoms with E-state index in [4.69, 9.17) is 4.74 Å². The minimum atomic E-state index is -4.43. The molecule has 0 unspecified atom stereocenters. The zero-order chi connectivity index (χ0) is 20.9. The van der Waals surface area contributed by atoms with E-state index >= 15 is 0 Å². The maximum Gasteiger partial charge on any atom is 0.416 e. The standard InChI is InChI=1S/C19H18F3N5O2/c1-2-29-17(28)10-11-27-25-18(24-26-27)15-8-3-4-9-16(15)23-14-7-5-6-13(12-14)19(20,21)22/h3-9,12,23H,2,10-11H2,1H3. The highest BCUT2D eigenvalue weighted by atomic mass is 19.4. The summed E-state index contributed by atoms with van der Waals surface area (Å²) in [6, 6.07) is 11.8. The number of esters is 1. The smallest absolute Gasteiger partial charge is 0.416 e. The van der Waals surface area contributed by atoms with Crippen molar-refractivity contribution < 1.29 is 22.7 Å². The lowest BCUT2D eigenvalue weighted by molar-refractivity contribution is -0.143. The third kappa shape index (κ3) is 5.31. The Hall–Kier alpha value is -3.43. The van der Waals surface area contributed by atoms with Crippen molar-refractivity contribution in [1.82, 2.24) is 20.2 Å². The average Bonchev–Trinajstić information content (AvgIpc) is 3.15. The number of alkyl halides is 3. The van der Waals surface area contributed by atoms with Crippen LogP contribution in [0.3, 0.4) is 0 Å². The van der Waals surface area contributed by atoms with E-state index in [1.54, 1.807) is 31.2 Å². The maximum atomic E-state index is 12.9. The second-order valence-corrected chi connectivity index (χ2v) is 6.01. The molecule has 0 radical (unpaired) electrons. The molecule has 1 heterocycles. The molecule has 152 valence electrons. The number of carbonyl (C=O) groups is 1. The molecule has 0 atom stereocenters. The molecule has 0 aliphatic rings. The lowest BCUT2D eigenvalue weighted by Gasteiger charge is -2.12. The number of anilines is 2. The van der Waals surface area contributed by atoms with Crippen molar-refractivity contribution in [2.75, 3.05) is 11.9 Å². The van der Waals surface area contributed by atoms with Crippen LogP contribution in [0.25, 0.3) is 11.4 Å². The van der Waals surface area contributed by atoms with E-state index in [2.05, 4.69) is 20.7 Å². The molecule has 0 aliphatic heterocycles. The van der Waals surface area contributed by atoms with E-state index in [0.717, 1.165) is 12.1 Å². The predicted molar refractivity (Wildman–Crippen MR) is 99.2 cm³/mol. The molecule has 2 aromatic carbocycles. The molecule has 0 saturated heterocycles. The van der Waals surface area contributed by atoms with Crippen LogP contribution in [0.1, 0.15) is 18.9 Å². The van der Waals surface area contributed by atoms with E-state index < -0.39 is 11.7 Å². The van der Waals surface area contributed by atoms with Crippen molar-refractivity contribution in [2.24, 2.45) is 0 Å². The summed E-state index contributed by atoms with van der Waals surface area (Å²) in [5.74, 6) is -0.0816. The molecule has 3 rings (SSSR count). The number of aryl methyl sites for hydroxylation is 1. The first-order valence-corrected chi connectivity index (χ1v) is 8.84. The fraction of sp³-hybridized carbons (Fsp3) is 0.263. The topological polar surface area (TPSA) is 81.9 Å². The van der Waals surface area contributed by atoms with Crippen LogP contribution < -0.4 is 5.32 Å². The Morgan fingerprint density at radius 2 is 1.97 bits per heavy atom. The molecule has 3 aromatic rings. The molecule has 10 heteroatoms. The highest BCUT2D eigenvalue weighted by molar-refractivity contribution is 5.77. The van der Waals surface area contributed by atoms with Crippen LogP contribution in [0, 0.1) is 0 Å². The van der Waals surface area contributed by atoms with E-state index in [1.165, 1.54) is 16.9 Å². The molecule has 1 N–H and O–H groups in total. The Kier molecular flexibility index (Phi) is 6.10. The van der Waals surface area contributed by atoms with Crippen molar-refractivity contribution >= 4 is 17.3 Å². The number of hydrogen-bond acceptors (Lipinski definition) is 6. The Balaban J connectivity index is 1.79. The number of nitrogens with zero attached hydrogens (tertiary/aromatic N) is 4. The van der Waals surface area contributed by atoms with Gasteiger partial charge in [-0.3, -0.25) is 4.79 Å². The van der Waals surface area contributed by atoms with Gasteiger partial charge in [-0.25, -0.2) is 0 Å². The lowest BCUT2D eigenvalue weighted by atomic mass is 10.1. The predicted octanol–water partition coefficient (Wildman–Crippen LogP) is 4.06. The van der Waals surface area contributed by atoms with E-state index in [9.17, 15) is 18.0 Å². The lowest BCUT2D eigenvalue weighted by Crippen LogP contribution is -2.11. The van der Waals surface area contributed by atoms with Gasteiger partial charge >= 0.3 is 12.1 Å². The van der Waals surface area contributed by atoms with E-state index in [-0.39, 0.29) is 30.4 Å². The molecular weight excluding hydrogens is 387 g/mol. The summed E-state index contributed by atoms with van der Waals surface area (Å²) >= 11 is 0. The average molecular weight is 405 g/mol. The fourth-order valence-electron chi connectivity index (χ4n) is 2.59. The summed E-state index contributed by atoms with van der Waals surface area (Å²) in [5, 5.41) is 15.1. The molecule has 7 nitrogen and oxygen atoms in total. The number of tetrazole rings is 1. The first kappa shape index (κ1) is 20.3. The minimum Gasteiger partial charge on any atom is -0.466 e. The third-order valence-electron chi connectivity index (χ3n) is 3.91. The zero-order valence-electron chi connectivity index (χ0n) is 15.5. The Labute approximate surface area is 164 Å². The van der Waals surface area contributed by atoms with Gasteiger partial charge in [0.2, 0.25) is 5.82 Å². The molecule has 0 aliphatic carbocycles. The van der Waals surface area contributed by atoms with Gasteiger partial charge in [0.15, 0.2) is 0 Å². The largest absolute Gasteiger partial charge is 0.466 e. The van der Waals surface area contributed by atoms with Gasteiger partial charge in [-0.2, -0.15) is 18.0 Å². The summed E-state index contributed by atoms with van der Waals surface area (Å²) in [6.07, 6.45) is -4.33.